The van der Waals surface area contributed by atoms with Crippen molar-refractivity contribution in [3.63, 3.8) is 0 Å². The molecule has 1 aliphatic rings. The van der Waals surface area contributed by atoms with Crippen LogP contribution in [-0.2, 0) is 9.53 Å². The maximum absolute atomic E-state index is 12.0. The van der Waals surface area contributed by atoms with E-state index in [0.29, 0.717) is 6.42 Å². The molecule has 0 spiro atoms. The van der Waals surface area contributed by atoms with Crippen LogP contribution in [0.1, 0.15) is 17.0 Å². The summed E-state index contributed by atoms with van der Waals surface area (Å²) in [4.78, 5) is 26.0. The number of hydrogen-bond acceptors (Lipinski definition) is 6. The molecule has 22 heavy (non-hydrogen) atoms. The average molecular weight is 329 g/mol. The van der Waals surface area contributed by atoms with E-state index in [1.165, 1.54) is 13.4 Å². The van der Waals surface area contributed by atoms with Crippen molar-refractivity contribution >= 4 is 25.4 Å². The second-order valence-electron chi connectivity index (χ2n) is 4.91. The lowest BCUT2D eigenvalue weighted by atomic mass is 10.2. The minimum atomic E-state index is -0.664. The first-order valence-corrected chi connectivity index (χ1v) is 7.06. The third-order valence-corrected chi connectivity index (χ3v) is 3.48. The lowest BCUT2D eigenvalue weighted by Gasteiger charge is -2.28. The number of rotatable bonds is 6. The van der Waals surface area contributed by atoms with E-state index in [1.807, 2.05) is 0 Å². The molecule has 0 radical (unpaired) electrons. The van der Waals surface area contributed by atoms with Crippen LogP contribution in [0.25, 0.3) is 0 Å². The van der Waals surface area contributed by atoms with E-state index in [1.54, 1.807) is 12.1 Å². The van der Waals surface area contributed by atoms with Crippen molar-refractivity contribution < 1.29 is 18.7 Å². The molecule has 1 fully saturated rings. The van der Waals surface area contributed by atoms with E-state index in [0.717, 1.165) is 32.7 Å². The molecule has 2 N–H and O–H groups in total. The van der Waals surface area contributed by atoms with Crippen molar-refractivity contribution in [2.45, 2.75) is 12.5 Å². The molecular weight excluding hydrogens is 306 g/mol. The van der Waals surface area contributed by atoms with Gasteiger partial charge in [0.25, 0.3) is 5.91 Å². The fraction of sp³-hybridized carbons (Fsp3) is 0.571. The molecule has 1 amide bonds. The number of piperazine rings is 1. The summed E-state index contributed by atoms with van der Waals surface area (Å²) in [5.74, 6) is -0.660. The van der Waals surface area contributed by atoms with Crippen molar-refractivity contribution in [3.05, 3.63) is 24.2 Å². The molecule has 0 bridgehead atoms. The van der Waals surface area contributed by atoms with Crippen molar-refractivity contribution in [1.29, 1.82) is 0 Å². The Morgan fingerprint density at radius 2 is 2.18 bits per heavy atom. The zero-order valence-corrected chi connectivity index (χ0v) is 13.6. The fourth-order valence-electron chi connectivity index (χ4n) is 2.27. The van der Waals surface area contributed by atoms with Gasteiger partial charge in [0, 0.05) is 32.7 Å². The summed E-state index contributed by atoms with van der Waals surface area (Å²) in [5, 5.41) is 5.93. The van der Waals surface area contributed by atoms with E-state index < -0.39 is 17.9 Å². The van der Waals surface area contributed by atoms with Crippen molar-refractivity contribution in [2.24, 2.45) is 0 Å². The van der Waals surface area contributed by atoms with E-state index in [-0.39, 0.29) is 19.3 Å². The quantitative estimate of drug-likeness (QED) is 0.713. The Morgan fingerprint density at radius 1 is 1.45 bits per heavy atom. The second-order valence-corrected chi connectivity index (χ2v) is 4.91. The van der Waals surface area contributed by atoms with Crippen LogP contribution < -0.4 is 10.6 Å². The van der Waals surface area contributed by atoms with Crippen LogP contribution in [0, 0.1) is 0 Å². The number of carbonyl (C=O) groups is 2. The van der Waals surface area contributed by atoms with Crippen molar-refractivity contribution in [1.82, 2.24) is 15.5 Å². The smallest absolute Gasteiger partial charge is 0.328 e. The van der Waals surface area contributed by atoms with E-state index >= 15 is 0 Å². The Morgan fingerprint density at radius 3 is 2.77 bits per heavy atom. The van der Waals surface area contributed by atoms with E-state index in [4.69, 9.17) is 9.15 Å². The molecule has 1 saturated heterocycles. The Bertz CT molecular complexity index is 461. The Balaban J connectivity index is 0.00000242. The van der Waals surface area contributed by atoms with Gasteiger partial charge in [-0.1, -0.05) is 0 Å². The molecule has 0 unspecified atom stereocenters. The Kier molecular flexibility index (Phi) is 8.00. The van der Waals surface area contributed by atoms with Crippen LogP contribution in [0.2, 0.25) is 0 Å². The Hall–Kier alpha value is -1.51. The standard InChI is InChI=1S/C14H21N3O4.H2S/c1-20-14(19)11(4-7-17-8-5-15-6-9-17)16-13(18)12-3-2-10-21-12;/h2-3,10-11,15H,4-9H2,1H3,(H,16,18);1H2/t11-;/m0./s1. The molecule has 1 aliphatic heterocycles. The van der Waals surface area contributed by atoms with E-state index in [2.05, 4.69) is 15.5 Å². The molecule has 1 atom stereocenters. The molecule has 124 valence electrons. The first-order chi connectivity index (χ1) is 10.2. The summed E-state index contributed by atoms with van der Waals surface area (Å²) < 4.78 is 9.78. The lowest BCUT2D eigenvalue weighted by Crippen LogP contribution is -2.47. The Labute approximate surface area is 136 Å². The van der Waals surface area contributed by atoms with Crippen LogP contribution in [0.15, 0.2) is 22.8 Å². The maximum Gasteiger partial charge on any atom is 0.328 e. The predicted octanol–water partition coefficient (Wildman–Crippen LogP) is -0.0409. The van der Waals surface area contributed by atoms with Crippen LogP contribution in [0.4, 0.5) is 0 Å². The number of nitrogens with one attached hydrogen (secondary N) is 2. The van der Waals surface area contributed by atoms with E-state index in [9.17, 15) is 9.59 Å². The lowest BCUT2D eigenvalue weighted by molar-refractivity contribution is -0.143. The van der Waals surface area contributed by atoms with Gasteiger partial charge in [-0.3, -0.25) is 4.79 Å². The van der Waals surface area contributed by atoms with Gasteiger partial charge in [-0.05, 0) is 18.6 Å². The van der Waals surface area contributed by atoms with Gasteiger partial charge in [-0.2, -0.15) is 13.5 Å². The summed E-state index contributed by atoms with van der Waals surface area (Å²) >= 11 is 0. The molecule has 0 saturated carbocycles. The highest BCUT2D eigenvalue weighted by atomic mass is 32.1. The normalized spacial score (nSPS) is 16.4. The third-order valence-electron chi connectivity index (χ3n) is 3.48. The maximum atomic E-state index is 12.0. The van der Waals surface area contributed by atoms with Gasteiger partial charge in [0.05, 0.1) is 13.4 Å². The van der Waals surface area contributed by atoms with Gasteiger partial charge in [0.1, 0.15) is 6.04 Å². The number of furan rings is 1. The summed E-state index contributed by atoms with van der Waals surface area (Å²) in [6.45, 7) is 4.52. The van der Waals surface area contributed by atoms with Crippen LogP contribution in [-0.4, -0.2) is 62.7 Å². The number of hydrogen-bond donors (Lipinski definition) is 2. The number of nitrogens with zero attached hydrogens (tertiary/aromatic N) is 1. The topological polar surface area (TPSA) is 83.8 Å². The summed E-state index contributed by atoms with van der Waals surface area (Å²) in [7, 11) is 1.32. The van der Waals surface area contributed by atoms with Crippen molar-refractivity contribution in [3.8, 4) is 0 Å². The summed E-state index contributed by atoms with van der Waals surface area (Å²) in [5.41, 5.74) is 0. The van der Waals surface area contributed by atoms with Crippen molar-refractivity contribution in [2.75, 3.05) is 39.8 Å². The van der Waals surface area contributed by atoms with Gasteiger partial charge in [0.2, 0.25) is 0 Å². The van der Waals surface area contributed by atoms with Crippen LogP contribution in [0.3, 0.4) is 0 Å². The first-order valence-electron chi connectivity index (χ1n) is 7.06. The molecule has 8 heteroatoms. The highest BCUT2D eigenvalue weighted by Gasteiger charge is 2.24. The molecule has 7 nitrogen and oxygen atoms in total. The fourth-order valence-corrected chi connectivity index (χ4v) is 2.27. The molecule has 1 aromatic rings. The highest BCUT2D eigenvalue weighted by molar-refractivity contribution is 7.59. The monoisotopic (exact) mass is 329 g/mol. The SMILES string of the molecule is COC(=O)[C@H](CCN1CCNCC1)NC(=O)c1ccco1.S. The number of amides is 1. The van der Waals surface area contributed by atoms with Gasteiger partial charge < -0.3 is 24.7 Å². The van der Waals surface area contributed by atoms with Gasteiger partial charge in [-0.25, -0.2) is 4.79 Å². The third kappa shape index (κ3) is 5.36. The summed E-state index contributed by atoms with van der Waals surface area (Å²) in [6, 6.07) is 2.52. The predicted molar refractivity (Wildman–Crippen MR) is 86.3 cm³/mol. The molecule has 2 heterocycles. The highest BCUT2D eigenvalue weighted by Crippen LogP contribution is 2.04. The average Bonchev–Trinajstić information content (AvgIpc) is 3.06. The molecule has 0 aliphatic carbocycles. The minimum absolute atomic E-state index is 0. The number of esters is 1. The van der Waals surface area contributed by atoms with Gasteiger partial charge in [0.15, 0.2) is 5.76 Å². The summed E-state index contributed by atoms with van der Waals surface area (Å²) in [6.07, 6.45) is 1.93. The largest absolute Gasteiger partial charge is 0.467 e. The zero-order valence-electron chi connectivity index (χ0n) is 12.6. The molecular formula is C14H23N3O4S. The number of carbonyl (C=O) groups excluding carboxylic acids is 2. The van der Waals surface area contributed by atoms with Gasteiger partial charge in [-0.15, -0.1) is 0 Å². The first kappa shape index (κ1) is 18.5. The van der Waals surface area contributed by atoms with Gasteiger partial charge >= 0.3 is 5.97 Å². The van der Waals surface area contributed by atoms with Crippen LogP contribution in [0.5, 0.6) is 0 Å². The molecule has 0 aromatic carbocycles. The van der Waals surface area contributed by atoms with Crippen LogP contribution >= 0.6 is 13.5 Å². The second kappa shape index (κ2) is 9.50. The zero-order chi connectivity index (χ0) is 15.1. The number of methoxy groups -OCH3 is 1. The molecule has 1 aromatic heterocycles. The minimum Gasteiger partial charge on any atom is -0.467 e. The molecule has 2 rings (SSSR count). The number of ether oxygens (including phenoxy) is 1.